The van der Waals surface area contributed by atoms with E-state index in [0.717, 1.165) is 0 Å². The number of rotatable bonds is 8. The van der Waals surface area contributed by atoms with Gasteiger partial charge in [0.2, 0.25) is 12.1 Å². The highest BCUT2D eigenvalue weighted by molar-refractivity contribution is 5.70. The molecule has 0 aliphatic heterocycles. The molecular formula is C11H18N4O5. The molecule has 1 aromatic rings. The topological polar surface area (TPSA) is 99.7 Å². The second-order valence-corrected chi connectivity index (χ2v) is 4.07. The third kappa shape index (κ3) is 3.92. The number of ether oxygens (including phenoxy) is 2. The lowest BCUT2D eigenvalue weighted by atomic mass is 10.3. The van der Waals surface area contributed by atoms with Gasteiger partial charge in [0.05, 0.1) is 20.1 Å². The highest BCUT2D eigenvalue weighted by Gasteiger charge is 2.25. The van der Waals surface area contributed by atoms with Crippen molar-refractivity contribution in [3.8, 4) is 0 Å². The van der Waals surface area contributed by atoms with Gasteiger partial charge in [0.15, 0.2) is 0 Å². The van der Waals surface area contributed by atoms with Crippen LogP contribution in [0.25, 0.3) is 0 Å². The zero-order valence-electron chi connectivity index (χ0n) is 11.7. The fourth-order valence-electron chi connectivity index (χ4n) is 1.76. The van der Waals surface area contributed by atoms with E-state index < -0.39 is 4.92 Å². The van der Waals surface area contributed by atoms with Crippen molar-refractivity contribution in [2.24, 2.45) is 7.05 Å². The molecule has 112 valence electrons. The third-order valence-corrected chi connectivity index (χ3v) is 2.74. The van der Waals surface area contributed by atoms with Crippen LogP contribution in [0.3, 0.4) is 0 Å². The molecular weight excluding hydrogens is 268 g/mol. The molecule has 0 amide bonds. The smallest absolute Gasteiger partial charge is 0.406 e. The average molecular weight is 286 g/mol. The molecule has 0 aliphatic rings. The number of imidazole rings is 1. The highest BCUT2D eigenvalue weighted by Crippen LogP contribution is 2.25. The van der Waals surface area contributed by atoms with Crippen molar-refractivity contribution in [2.75, 3.05) is 38.8 Å². The lowest BCUT2D eigenvalue weighted by molar-refractivity contribution is -0.388. The Bertz CT molecular complexity index is 473. The number of anilines is 1. The van der Waals surface area contributed by atoms with Crippen molar-refractivity contribution < 1.29 is 19.2 Å². The van der Waals surface area contributed by atoms with E-state index in [0.29, 0.717) is 19.0 Å². The maximum absolute atomic E-state index is 11.2. The molecule has 1 aromatic heterocycles. The Balaban J connectivity index is 2.94. The number of aromatic nitrogens is 2. The summed E-state index contributed by atoms with van der Waals surface area (Å²) in [4.78, 5) is 27.1. The van der Waals surface area contributed by atoms with Crippen LogP contribution < -0.4 is 4.90 Å². The first-order valence-corrected chi connectivity index (χ1v) is 5.97. The molecule has 0 N–H and O–H groups in total. The summed E-state index contributed by atoms with van der Waals surface area (Å²) in [6, 6.07) is 0. The number of nitro groups is 1. The first kappa shape index (κ1) is 15.9. The molecule has 0 saturated heterocycles. The highest BCUT2D eigenvalue weighted by atomic mass is 16.6. The van der Waals surface area contributed by atoms with Crippen molar-refractivity contribution in [1.29, 1.82) is 0 Å². The maximum atomic E-state index is 11.2. The molecule has 1 rings (SSSR count). The fourth-order valence-corrected chi connectivity index (χ4v) is 1.76. The number of hydrogen-bond donors (Lipinski definition) is 0. The minimum Gasteiger partial charge on any atom is -0.469 e. The van der Waals surface area contributed by atoms with E-state index in [1.54, 1.807) is 16.5 Å². The molecule has 0 aliphatic carbocycles. The minimum absolute atomic E-state index is 0.128. The van der Waals surface area contributed by atoms with E-state index in [1.165, 1.54) is 20.5 Å². The first-order valence-electron chi connectivity index (χ1n) is 5.97. The van der Waals surface area contributed by atoms with Crippen LogP contribution in [0.4, 0.5) is 11.6 Å². The molecule has 1 heterocycles. The van der Waals surface area contributed by atoms with Crippen LogP contribution in [0.15, 0.2) is 6.33 Å². The Morgan fingerprint density at radius 3 is 2.75 bits per heavy atom. The second-order valence-electron chi connectivity index (χ2n) is 4.07. The van der Waals surface area contributed by atoms with Gasteiger partial charge in [0, 0.05) is 27.2 Å². The van der Waals surface area contributed by atoms with Crippen molar-refractivity contribution in [2.45, 2.75) is 6.42 Å². The Labute approximate surface area is 116 Å². The second kappa shape index (κ2) is 7.43. The first-order chi connectivity index (χ1) is 9.51. The number of esters is 1. The van der Waals surface area contributed by atoms with E-state index in [9.17, 15) is 14.9 Å². The number of nitrogens with zero attached hydrogens (tertiary/aromatic N) is 4. The van der Waals surface area contributed by atoms with Crippen LogP contribution in [0, 0.1) is 10.1 Å². The van der Waals surface area contributed by atoms with Gasteiger partial charge >= 0.3 is 11.8 Å². The Morgan fingerprint density at radius 2 is 2.20 bits per heavy atom. The largest absolute Gasteiger partial charge is 0.469 e. The number of aryl methyl sites for hydroxylation is 1. The molecule has 0 saturated carbocycles. The molecule has 0 atom stereocenters. The van der Waals surface area contributed by atoms with Crippen LogP contribution in [-0.2, 0) is 21.3 Å². The lowest BCUT2D eigenvalue weighted by Gasteiger charge is -2.22. The van der Waals surface area contributed by atoms with Gasteiger partial charge in [-0.1, -0.05) is 0 Å². The average Bonchev–Trinajstić information content (AvgIpc) is 2.80. The third-order valence-electron chi connectivity index (χ3n) is 2.74. The van der Waals surface area contributed by atoms with Gasteiger partial charge in [-0.2, -0.15) is 0 Å². The summed E-state index contributed by atoms with van der Waals surface area (Å²) in [6.07, 6.45) is 1.49. The molecule has 20 heavy (non-hydrogen) atoms. The van der Waals surface area contributed by atoms with E-state index in [-0.39, 0.29) is 24.8 Å². The van der Waals surface area contributed by atoms with E-state index in [4.69, 9.17) is 4.74 Å². The van der Waals surface area contributed by atoms with Crippen LogP contribution in [0.2, 0.25) is 0 Å². The standard InChI is InChI=1S/C11H18N4O5/c1-13-8-12-10(15(17)18)11(13)14(6-7-19-2)5-4-9(16)20-3/h8H,4-7H2,1-3H3. The van der Waals surface area contributed by atoms with Gasteiger partial charge < -0.3 is 24.5 Å². The summed E-state index contributed by atoms with van der Waals surface area (Å²) in [5.74, 6) is -0.276. The molecule has 9 heteroatoms. The summed E-state index contributed by atoms with van der Waals surface area (Å²) in [5.41, 5.74) is 0. The summed E-state index contributed by atoms with van der Waals surface area (Å²) < 4.78 is 11.1. The van der Waals surface area contributed by atoms with Crippen molar-refractivity contribution in [3.63, 3.8) is 0 Å². The summed E-state index contributed by atoms with van der Waals surface area (Å²) in [7, 11) is 4.50. The van der Waals surface area contributed by atoms with Crippen LogP contribution in [-0.4, -0.2) is 54.4 Å². The maximum Gasteiger partial charge on any atom is 0.406 e. The SMILES string of the molecule is COCCN(CCC(=O)OC)c1c([N+](=O)[O-])ncn1C. The zero-order chi connectivity index (χ0) is 15.1. The monoisotopic (exact) mass is 286 g/mol. The van der Waals surface area contributed by atoms with Gasteiger partial charge in [-0.3, -0.25) is 9.36 Å². The van der Waals surface area contributed by atoms with Crippen LogP contribution in [0.5, 0.6) is 0 Å². The summed E-state index contributed by atoms with van der Waals surface area (Å²) >= 11 is 0. The molecule has 9 nitrogen and oxygen atoms in total. The predicted octanol–water partition coefficient (Wildman–Crippen LogP) is 0.344. The van der Waals surface area contributed by atoms with Gasteiger partial charge in [0.1, 0.15) is 0 Å². The van der Waals surface area contributed by atoms with Crippen LogP contribution in [0.1, 0.15) is 6.42 Å². The Hall–Kier alpha value is -2.16. The molecule has 0 unspecified atom stereocenters. The number of hydrogen-bond acceptors (Lipinski definition) is 7. The number of methoxy groups -OCH3 is 2. The quantitative estimate of drug-likeness (QED) is 0.386. The summed E-state index contributed by atoms with van der Waals surface area (Å²) in [6.45, 7) is 1.08. The van der Waals surface area contributed by atoms with E-state index in [1.807, 2.05) is 0 Å². The van der Waals surface area contributed by atoms with Gasteiger partial charge in [-0.15, -0.1) is 0 Å². The molecule has 0 radical (unpaired) electrons. The van der Waals surface area contributed by atoms with Crippen molar-refractivity contribution in [1.82, 2.24) is 9.55 Å². The zero-order valence-corrected chi connectivity index (χ0v) is 11.7. The normalized spacial score (nSPS) is 10.3. The Kier molecular flexibility index (Phi) is 5.91. The molecule has 0 spiro atoms. The van der Waals surface area contributed by atoms with Gasteiger partial charge in [-0.25, -0.2) is 0 Å². The van der Waals surface area contributed by atoms with Crippen molar-refractivity contribution in [3.05, 3.63) is 16.4 Å². The fraction of sp³-hybridized carbons (Fsp3) is 0.636. The van der Waals surface area contributed by atoms with Crippen LogP contribution >= 0.6 is 0 Å². The predicted molar refractivity (Wildman–Crippen MR) is 70.6 cm³/mol. The lowest BCUT2D eigenvalue weighted by Crippen LogP contribution is -2.31. The molecule has 0 aromatic carbocycles. The van der Waals surface area contributed by atoms with E-state index in [2.05, 4.69) is 9.72 Å². The number of carbonyl (C=O) groups excluding carboxylic acids is 1. The number of carbonyl (C=O) groups is 1. The summed E-state index contributed by atoms with van der Waals surface area (Å²) in [5, 5.41) is 11.0. The molecule has 0 fully saturated rings. The van der Waals surface area contributed by atoms with Crippen molar-refractivity contribution >= 4 is 17.6 Å². The van der Waals surface area contributed by atoms with E-state index >= 15 is 0 Å². The Morgan fingerprint density at radius 1 is 1.50 bits per heavy atom. The van der Waals surface area contributed by atoms with Gasteiger partial charge in [0.25, 0.3) is 0 Å². The molecule has 0 bridgehead atoms. The van der Waals surface area contributed by atoms with Gasteiger partial charge in [-0.05, 0) is 9.91 Å². The minimum atomic E-state index is -0.548.